The molecule has 1 unspecified atom stereocenters. The van der Waals surface area contributed by atoms with E-state index in [0.29, 0.717) is 12.5 Å². The van der Waals surface area contributed by atoms with Gasteiger partial charge in [-0.15, -0.1) is 0 Å². The van der Waals surface area contributed by atoms with Gasteiger partial charge in [-0.1, -0.05) is 19.9 Å². The van der Waals surface area contributed by atoms with E-state index in [2.05, 4.69) is 24.1 Å². The second kappa shape index (κ2) is 7.22. The lowest BCUT2D eigenvalue weighted by Gasteiger charge is -2.15. The Morgan fingerprint density at radius 1 is 1.20 bits per heavy atom. The molecule has 0 spiro atoms. The van der Waals surface area contributed by atoms with Crippen LogP contribution in [-0.2, 0) is 0 Å². The topological polar surface area (TPSA) is 54.4 Å². The molecule has 2 rings (SSSR count). The molecule has 0 saturated carbocycles. The molecule has 2 aromatic rings. The highest BCUT2D eigenvalue weighted by Crippen LogP contribution is 2.23. The molecule has 0 amide bonds. The minimum absolute atomic E-state index is 0.277. The Morgan fingerprint density at radius 3 is 2.85 bits per heavy atom. The molecule has 1 atom stereocenters. The monoisotopic (exact) mass is 274 g/mol. The van der Waals surface area contributed by atoms with Gasteiger partial charge in [-0.25, -0.2) is 0 Å². The van der Waals surface area contributed by atoms with Crippen molar-refractivity contribution >= 4 is 10.9 Å². The Bertz CT molecular complexity index is 537. The summed E-state index contributed by atoms with van der Waals surface area (Å²) in [5, 5.41) is 14.1. The number of ether oxygens (including phenoxy) is 1. The van der Waals surface area contributed by atoms with Crippen molar-refractivity contribution in [2.24, 2.45) is 5.92 Å². The predicted molar refractivity (Wildman–Crippen MR) is 81.0 cm³/mol. The number of nitrogens with zero attached hydrogens (tertiary/aromatic N) is 1. The van der Waals surface area contributed by atoms with Gasteiger partial charge in [-0.05, 0) is 36.7 Å². The van der Waals surface area contributed by atoms with Crippen molar-refractivity contribution < 1.29 is 9.84 Å². The molecular formula is C16H22N2O2. The molecule has 1 aromatic carbocycles. The second-order valence-electron chi connectivity index (χ2n) is 5.34. The standard InChI is InChI=1S/C16H22N2O2/c1-12(2)9-17-10-13(19)11-20-16-7-3-6-15-14(16)5-4-8-18-15/h3-8,12-13,17,19H,9-11H2,1-2H3. The van der Waals surface area contributed by atoms with Crippen LogP contribution in [0.1, 0.15) is 13.8 Å². The average Bonchev–Trinajstić information content (AvgIpc) is 2.44. The molecule has 0 bridgehead atoms. The first-order valence-corrected chi connectivity index (χ1v) is 7.02. The van der Waals surface area contributed by atoms with Gasteiger partial charge >= 0.3 is 0 Å². The SMILES string of the molecule is CC(C)CNCC(O)COc1cccc2ncccc12. The second-order valence-corrected chi connectivity index (χ2v) is 5.34. The Kier molecular flexibility index (Phi) is 5.32. The minimum Gasteiger partial charge on any atom is -0.490 e. The summed E-state index contributed by atoms with van der Waals surface area (Å²) >= 11 is 0. The largest absolute Gasteiger partial charge is 0.490 e. The van der Waals surface area contributed by atoms with Gasteiger partial charge in [-0.2, -0.15) is 0 Å². The van der Waals surface area contributed by atoms with Crippen LogP contribution in [0, 0.1) is 5.92 Å². The molecule has 108 valence electrons. The maximum absolute atomic E-state index is 9.89. The minimum atomic E-state index is -0.513. The van der Waals surface area contributed by atoms with E-state index in [4.69, 9.17) is 4.74 Å². The van der Waals surface area contributed by atoms with E-state index in [9.17, 15) is 5.11 Å². The number of aliphatic hydroxyl groups excluding tert-OH is 1. The molecule has 20 heavy (non-hydrogen) atoms. The van der Waals surface area contributed by atoms with Gasteiger partial charge in [0, 0.05) is 18.1 Å². The highest BCUT2D eigenvalue weighted by molar-refractivity contribution is 5.84. The van der Waals surface area contributed by atoms with Crippen molar-refractivity contribution in [3.8, 4) is 5.75 Å². The summed E-state index contributed by atoms with van der Waals surface area (Å²) in [6.07, 6.45) is 1.25. The van der Waals surface area contributed by atoms with Crippen LogP contribution in [0.15, 0.2) is 36.5 Å². The van der Waals surface area contributed by atoms with E-state index >= 15 is 0 Å². The van der Waals surface area contributed by atoms with Gasteiger partial charge in [0.1, 0.15) is 18.5 Å². The lowest BCUT2D eigenvalue weighted by Crippen LogP contribution is -2.33. The molecule has 0 aliphatic heterocycles. The van der Waals surface area contributed by atoms with E-state index < -0.39 is 6.10 Å². The third-order valence-electron chi connectivity index (χ3n) is 2.97. The number of rotatable bonds is 7. The van der Waals surface area contributed by atoms with Gasteiger partial charge in [0.05, 0.1) is 5.52 Å². The smallest absolute Gasteiger partial charge is 0.128 e. The number of hydrogen-bond donors (Lipinski definition) is 2. The number of aromatic nitrogens is 1. The molecular weight excluding hydrogens is 252 g/mol. The fourth-order valence-corrected chi connectivity index (χ4v) is 1.98. The quantitative estimate of drug-likeness (QED) is 0.813. The molecule has 0 aliphatic carbocycles. The zero-order valence-corrected chi connectivity index (χ0v) is 12.0. The van der Waals surface area contributed by atoms with Crippen LogP contribution in [0.25, 0.3) is 10.9 Å². The van der Waals surface area contributed by atoms with Crippen LogP contribution < -0.4 is 10.1 Å². The van der Waals surface area contributed by atoms with Crippen LogP contribution >= 0.6 is 0 Å². The molecule has 0 saturated heterocycles. The summed E-state index contributed by atoms with van der Waals surface area (Å²) in [5.41, 5.74) is 0.900. The van der Waals surface area contributed by atoms with E-state index in [1.54, 1.807) is 6.20 Å². The highest BCUT2D eigenvalue weighted by atomic mass is 16.5. The summed E-state index contributed by atoms with van der Waals surface area (Å²) in [4.78, 5) is 4.28. The molecule has 1 heterocycles. The van der Waals surface area contributed by atoms with Crippen LogP contribution in [0.3, 0.4) is 0 Å². The molecule has 0 radical (unpaired) electrons. The highest BCUT2D eigenvalue weighted by Gasteiger charge is 2.07. The molecule has 0 aliphatic rings. The van der Waals surface area contributed by atoms with Gasteiger partial charge in [0.2, 0.25) is 0 Å². The van der Waals surface area contributed by atoms with Gasteiger partial charge < -0.3 is 15.2 Å². The number of benzene rings is 1. The van der Waals surface area contributed by atoms with Gasteiger partial charge in [0.15, 0.2) is 0 Å². The van der Waals surface area contributed by atoms with Crippen LogP contribution in [-0.4, -0.2) is 35.9 Å². The normalized spacial score (nSPS) is 12.8. The van der Waals surface area contributed by atoms with Crippen molar-refractivity contribution in [3.05, 3.63) is 36.5 Å². The zero-order chi connectivity index (χ0) is 14.4. The number of aliphatic hydroxyl groups is 1. The summed E-state index contributed by atoms with van der Waals surface area (Å²) in [5.74, 6) is 1.34. The Hall–Kier alpha value is -1.65. The summed E-state index contributed by atoms with van der Waals surface area (Å²) < 4.78 is 5.71. The van der Waals surface area contributed by atoms with Crippen LogP contribution in [0.4, 0.5) is 0 Å². The number of fused-ring (bicyclic) bond motifs is 1. The van der Waals surface area contributed by atoms with Crippen molar-refractivity contribution in [2.75, 3.05) is 19.7 Å². The fraction of sp³-hybridized carbons (Fsp3) is 0.438. The first-order chi connectivity index (χ1) is 9.66. The van der Waals surface area contributed by atoms with Gasteiger partial charge in [-0.3, -0.25) is 4.98 Å². The third-order valence-corrected chi connectivity index (χ3v) is 2.97. The van der Waals surface area contributed by atoms with Crippen molar-refractivity contribution in [3.63, 3.8) is 0 Å². The van der Waals surface area contributed by atoms with Crippen LogP contribution in [0.2, 0.25) is 0 Å². The van der Waals surface area contributed by atoms with Crippen LogP contribution in [0.5, 0.6) is 5.75 Å². The Labute approximate surface area is 119 Å². The summed E-state index contributed by atoms with van der Waals surface area (Å²) in [7, 11) is 0. The first-order valence-electron chi connectivity index (χ1n) is 7.02. The van der Waals surface area contributed by atoms with Gasteiger partial charge in [0.25, 0.3) is 0 Å². The molecule has 2 N–H and O–H groups in total. The van der Waals surface area contributed by atoms with E-state index in [-0.39, 0.29) is 6.61 Å². The summed E-state index contributed by atoms with van der Waals surface area (Å²) in [6, 6.07) is 9.62. The Balaban J connectivity index is 1.89. The lowest BCUT2D eigenvalue weighted by atomic mass is 10.2. The fourth-order valence-electron chi connectivity index (χ4n) is 1.98. The van der Waals surface area contributed by atoms with E-state index in [0.717, 1.165) is 23.2 Å². The van der Waals surface area contributed by atoms with Crippen molar-refractivity contribution in [2.45, 2.75) is 20.0 Å². The Morgan fingerprint density at radius 2 is 2.05 bits per heavy atom. The first kappa shape index (κ1) is 14.8. The maximum Gasteiger partial charge on any atom is 0.128 e. The zero-order valence-electron chi connectivity index (χ0n) is 12.0. The van der Waals surface area contributed by atoms with E-state index in [1.807, 2.05) is 30.3 Å². The number of pyridine rings is 1. The molecule has 4 heteroatoms. The predicted octanol–water partition coefficient (Wildman–Crippen LogP) is 2.22. The molecule has 4 nitrogen and oxygen atoms in total. The van der Waals surface area contributed by atoms with E-state index in [1.165, 1.54) is 0 Å². The van der Waals surface area contributed by atoms with Crippen molar-refractivity contribution in [1.82, 2.24) is 10.3 Å². The maximum atomic E-state index is 9.89. The lowest BCUT2D eigenvalue weighted by molar-refractivity contribution is 0.106. The molecule has 0 fully saturated rings. The molecule has 1 aromatic heterocycles. The summed E-state index contributed by atoms with van der Waals surface area (Å²) in [6.45, 7) is 5.99. The number of nitrogens with one attached hydrogen (secondary N) is 1. The number of hydrogen-bond acceptors (Lipinski definition) is 4. The third kappa shape index (κ3) is 4.18. The average molecular weight is 274 g/mol. The van der Waals surface area contributed by atoms with Crippen molar-refractivity contribution in [1.29, 1.82) is 0 Å².